The number of hydrogen-bond acceptors (Lipinski definition) is 3. The molecular formula is C18H28N2O. The van der Waals surface area contributed by atoms with Gasteiger partial charge in [0.15, 0.2) is 0 Å². The predicted molar refractivity (Wildman–Crippen MR) is 86.6 cm³/mol. The molecule has 0 aromatic heterocycles. The Kier molecular flexibility index (Phi) is 5.28. The molecule has 3 rings (SSSR count). The van der Waals surface area contributed by atoms with Crippen molar-refractivity contribution in [1.29, 1.82) is 0 Å². The monoisotopic (exact) mass is 288 g/mol. The number of rotatable bonds is 4. The molecule has 2 aliphatic rings. The van der Waals surface area contributed by atoms with Crippen LogP contribution in [-0.2, 0) is 11.2 Å². The Morgan fingerprint density at radius 2 is 2.24 bits per heavy atom. The first kappa shape index (κ1) is 15.0. The van der Waals surface area contributed by atoms with Crippen molar-refractivity contribution in [2.75, 3.05) is 32.8 Å². The third-order valence-electron chi connectivity index (χ3n) is 4.72. The van der Waals surface area contributed by atoms with Gasteiger partial charge in [-0.2, -0.15) is 0 Å². The van der Waals surface area contributed by atoms with E-state index in [-0.39, 0.29) is 6.10 Å². The van der Waals surface area contributed by atoms with Crippen LogP contribution in [0, 0.1) is 0 Å². The fourth-order valence-corrected chi connectivity index (χ4v) is 3.65. The molecule has 1 aromatic rings. The summed E-state index contributed by atoms with van der Waals surface area (Å²) < 4.78 is 6.08. The van der Waals surface area contributed by atoms with Crippen molar-refractivity contribution in [2.24, 2.45) is 0 Å². The zero-order valence-corrected chi connectivity index (χ0v) is 13.2. The molecule has 3 nitrogen and oxygen atoms in total. The van der Waals surface area contributed by atoms with Gasteiger partial charge in [0.2, 0.25) is 0 Å². The Bertz CT molecular complexity index is 449. The van der Waals surface area contributed by atoms with E-state index in [2.05, 4.69) is 41.4 Å². The van der Waals surface area contributed by atoms with Crippen LogP contribution in [0.4, 0.5) is 0 Å². The molecule has 2 aliphatic heterocycles. The molecule has 1 N–H and O–H groups in total. The van der Waals surface area contributed by atoms with Gasteiger partial charge in [0.05, 0.1) is 12.7 Å². The summed E-state index contributed by atoms with van der Waals surface area (Å²) in [5.41, 5.74) is 2.89. The van der Waals surface area contributed by atoms with Crippen LogP contribution in [0.15, 0.2) is 24.3 Å². The Labute approximate surface area is 128 Å². The highest BCUT2D eigenvalue weighted by Gasteiger charge is 2.25. The third-order valence-corrected chi connectivity index (χ3v) is 4.72. The van der Waals surface area contributed by atoms with Crippen molar-refractivity contribution in [3.63, 3.8) is 0 Å². The van der Waals surface area contributed by atoms with E-state index in [4.69, 9.17) is 4.74 Å². The molecule has 2 unspecified atom stereocenters. The van der Waals surface area contributed by atoms with Gasteiger partial charge in [-0.05, 0) is 43.5 Å². The minimum atomic E-state index is 0.260. The number of fused-ring (bicyclic) bond motifs is 1. The lowest BCUT2D eigenvalue weighted by atomic mass is 9.97. The first-order chi connectivity index (χ1) is 10.4. The molecule has 1 aromatic carbocycles. The maximum atomic E-state index is 6.08. The van der Waals surface area contributed by atoms with Gasteiger partial charge < -0.3 is 10.1 Å². The van der Waals surface area contributed by atoms with Crippen molar-refractivity contribution in [2.45, 2.75) is 44.8 Å². The van der Waals surface area contributed by atoms with Gasteiger partial charge in [-0.3, -0.25) is 4.90 Å². The van der Waals surface area contributed by atoms with Gasteiger partial charge in [-0.25, -0.2) is 0 Å². The molecule has 1 saturated heterocycles. The zero-order valence-electron chi connectivity index (χ0n) is 13.2. The van der Waals surface area contributed by atoms with E-state index in [9.17, 15) is 0 Å². The van der Waals surface area contributed by atoms with Gasteiger partial charge >= 0.3 is 0 Å². The molecule has 0 amide bonds. The highest BCUT2D eigenvalue weighted by atomic mass is 16.5. The molecule has 0 bridgehead atoms. The summed E-state index contributed by atoms with van der Waals surface area (Å²) in [4.78, 5) is 2.60. The fourth-order valence-electron chi connectivity index (χ4n) is 3.65. The largest absolute Gasteiger partial charge is 0.372 e. The van der Waals surface area contributed by atoms with Crippen molar-refractivity contribution in [1.82, 2.24) is 10.2 Å². The van der Waals surface area contributed by atoms with Crippen LogP contribution in [0.5, 0.6) is 0 Å². The Hall–Kier alpha value is -0.900. The first-order valence-electron chi connectivity index (χ1n) is 8.52. The van der Waals surface area contributed by atoms with Crippen LogP contribution in [0.1, 0.15) is 43.4 Å². The first-order valence-corrected chi connectivity index (χ1v) is 8.52. The Balaban J connectivity index is 1.65. The van der Waals surface area contributed by atoms with E-state index in [0.717, 1.165) is 32.7 Å². The number of ether oxygens (including phenoxy) is 1. The number of nitrogens with one attached hydrogen (secondary N) is 1. The molecular weight excluding hydrogens is 260 g/mol. The molecule has 1 fully saturated rings. The maximum Gasteiger partial charge on any atom is 0.0954 e. The maximum absolute atomic E-state index is 6.08. The van der Waals surface area contributed by atoms with Gasteiger partial charge in [0, 0.05) is 19.1 Å². The fraction of sp³-hybridized carbons (Fsp3) is 0.667. The molecule has 3 heteroatoms. The lowest BCUT2D eigenvalue weighted by Gasteiger charge is -2.32. The summed E-state index contributed by atoms with van der Waals surface area (Å²) in [6, 6.07) is 9.45. The van der Waals surface area contributed by atoms with Crippen LogP contribution < -0.4 is 5.32 Å². The lowest BCUT2D eigenvalue weighted by molar-refractivity contribution is 0.0155. The van der Waals surface area contributed by atoms with Crippen LogP contribution in [0.2, 0.25) is 0 Å². The van der Waals surface area contributed by atoms with E-state index < -0.39 is 0 Å². The Morgan fingerprint density at radius 1 is 1.33 bits per heavy atom. The molecule has 0 radical (unpaired) electrons. The van der Waals surface area contributed by atoms with Gasteiger partial charge in [0.25, 0.3) is 0 Å². The lowest BCUT2D eigenvalue weighted by Crippen LogP contribution is -2.40. The second kappa shape index (κ2) is 7.39. The third kappa shape index (κ3) is 3.85. The standard InChI is InChI=1S/C18H28N2O/c1-2-6-16-13-20(11-5-10-19-16)14-18-17-8-4-3-7-15(17)9-12-21-18/h3-4,7-8,16,18-19H,2,5-6,9-14H2,1H3. The minimum absolute atomic E-state index is 0.260. The second-order valence-corrected chi connectivity index (χ2v) is 6.36. The quantitative estimate of drug-likeness (QED) is 0.922. The highest BCUT2D eigenvalue weighted by Crippen LogP contribution is 2.28. The van der Waals surface area contributed by atoms with Crippen LogP contribution in [-0.4, -0.2) is 43.7 Å². The Morgan fingerprint density at radius 3 is 3.14 bits per heavy atom. The summed E-state index contributed by atoms with van der Waals surface area (Å²) in [5.74, 6) is 0. The van der Waals surface area contributed by atoms with E-state index in [1.54, 1.807) is 0 Å². The number of hydrogen-bond donors (Lipinski definition) is 1. The minimum Gasteiger partial charge on any atom is -0.372 e. The summed E-state index contributed by atoms with van der Waals surface area (Å²) in [7, 11) is 0. The summed E-state index contributed by atoms with van der Waals surface area (Å²) in [6.45, 7) is 7.69. The molecule has 0 spiro atoms. The zero-order chi connectivity index (χ0) is 14.5. The average molecular weight is 288 g/mol. The van der Waals surface area contributed by atoms with E-state index in [1.807, 2.05) is 0 Å². The summed E-state index contributed by atoms with van der Waals surface area (Å²) in [6.07, 6.45) is 5.10. The summed E-state index contributed by atoms with van der Waals surface area (Å²) in [5, 5.41) is 3.69. The molecule has 2 heterocycles. The van der Waals surface area contributed by atoms with Crippen LogP contribution in [0.3, 0.4) is 0 Å². The summed E-state index contributed by atoms with van der Waals surface area (Å²) >= 11 is 0. The van der Waals surface area contributed by atoms with E-state index >= 15 is 0 Å². The van der Waals surface area contributed by atoms with E-state index in [1.165, 1.54) is 36.9 Å². The van der Waals surface area contributed by atoms with Gasteiger partial charge in [-0.1, -0.05) is 37.6 Å². The van der Waals surface area contributed by atoms with Crippen LogP contribution >= 0.6 is 0 Å². The van der Waals surface area contributed by atoms with Crippen LogP contribution in [0.25, 0.3) is 0 Å². The normalized spacial score (nSPS) is 27.1. The molecule has 2 atom stereocenters. The van der Waals surface area contributed by atoms with Crippen molar-refractivity contribution >= 4 is 0 Å². The molecule has 21 heavy (non-hydrogen) atoms. The van der Waals surface area contributed by atoms with Crippen molar-refractivity contribution in [3.05, 3.63) is 35.4 Å². The van der Waals surface area contributed by atoms with Crippen molar-refractivity contribution < 1.29 is 4.74 Å². The average Bonchev–Trinajstić information content (AvgIpc) is 2.73. The smallest absolute Gasteiger partial charge is 0.0954 e. The highest BCUT2D eigenvalue weighted by molar-refractivity contribution is 5.31. The second-order valence-electron chi connectivity index (χ2n) is 6.36. The van der Waals surface area contributed by atoms with Gasteiger partial charge in [-0.15, -0.1) is 0 Å². The predicted octanol–water partition coefficient (Wildman–Crippen LogP) is 2.76. The van der Waals surface area contributed by atoms with E-state index in [0.29, 0.717) is 6.04 Å². The SMILES string of the molecule is CCCC1CN(CC2OCCc3ccccc32)CCCN1. The molecule has 0 aliphatic carbocycles. The van der Waals surface area contributed by atoms with Gasteiger partial charge in [0.1, 0.15) is 0 Å². The molecule has 0 saturated carbocycles. The number of benzene rings is 1. The van der Waals surface area contributed by atoms with Crippen molar-refractivity contribution in [3.8, 4) is 0 Å². The number of nitrogens with zero attached hydrogens (tertiary/aromatic N) is 1. The topological polar surface area (TPSA) is 24.5 Å². The molecule has 116 valence electrons.